The number of rotatable bonds is 8. The van der Waals surface area contributed by atoms with Gasteiger partial charge in [-0.15, -0.1) is 11.8 Å². The molecule has 0 bridgehead atoms. The number of amides is 2. The van der Waals surface area contributed by atoms with Crippen LogP contribution in [0.5, 0.6) is 0 Å². The Hall–Kier alpha value is -3.58. The van der Waals surface area contributed by atoms with E-state index in [2.05, 4.69) is 15.6 Å². The van der Waals surface area contributed by atoms with Gasteiger partial charge in [-0.05, 0) is 73.9 Å². The van der Waals surface area contributed by atoms with E-state index in [0.717, 1.165) is 58.6 Å². The first-order chi connectivity index (χ1) is 18.1. The molecule has 0 saturated heterocycles. The van der Waals surface area contributed by atoms with Crippen molar-refractivity contribution in [2.24, 2.45) is 5.92 Å². The summed E-state index contributed by atoms with van der Waals surface area (Å²) in [6.07, 6.45) is 6.08. The number of thioether (sulfide) groups is 1. The molecule has 190 valence electrons. The van der Waals surface area contributed by atoms with Crippen LogP contribution in [0.1, 0.15) is 45.4 Å². The van der Waals surface area contributed by atoms with E-state index in [1.807, 2.05) is 79.7 Å². The molecule has 0 spiro atoms. The number of benzene rings is 3. The third-order valence-electron chi connectivity index (χ3n) is 6.71. The number of oxazole rings is 1. The maximum absolute atomic E-state index is 13.1. The monoisotopic (exact) mass is 513 g/mol. The fraction of sp³-hybridized carbons (Fsp3) is 0.300. The summed E-state index contributed by atoms with van der Waals surface area (Å²) < 4.78 is 5.84. The first-order valence-electron chi connectivity index (χ1n) is 12.9. The SMILES string of the molecule is CCC(Sc1cccc(NC(=O)C2CCCCC2)c1)C(=O)Nc1ccc(-c2nc3ccccc3o2)cc1. The van der Waals surface area contributed by atoms with Crippen molar-refractivity contribution in [3.8, 4) is 11.5 Å². The van der Waals surface area contributed by atoms with Gasteiger partial charge in [-0.1, -0.05) is 44.4 Å². The van der Waals surface area contributed by atoms with Crippen LogP contribution >= 0.6 is 11.8 Å². The van der Waals surface area contributed by atoms with Crippen molar-refractivity contribution >= 4 is 46.1 Å². The first kappa shape index (κ1) is 25.1. The van der Waals surface area contributed by atoms with Gasteiger partial charge in [0.2, 0.25) is 17.7 Å². The highest BCUT2D eigenvalue weighted by atomic mass is 32.2. The summed E-state index contributed by atoms with van der Waals surface area (Å²) in [4.78, 5) is 31.2. The van der Waals surface area contributed by atoms with E-state index in [4.69, 9.17) is 4.42 Å². The second-order valence-electron chi connectivity index (χ2n) is 9.42. The molecule has 6 nitrogen and oxygen atoms in total. The highest BCUT2D eigenvalue weighted by Gasteiger charge is 2.22. The molecule has 7 heteroatoms. The smallest absolute Gasteiger partial charge is 0.237 e. The predicted octanol–water partition coefficient (Wildman–Crippen LogP) is 7.52. The largest absolute Gasteiger partial charge is 0.436 e. The highest BCUT2D eigenvalue weighted by molar-refractivity contribution is 8.00. The standard InChI is InChI=1S/C30H31N3O3S/c1-2-27(37-24-12-8-11-23(19-24)32-28(34)20-9-4-3-5-10-20)29(35)31-22-17-15-21(16-18-22)30-33-25-13-6-7-14-26(25)36-30/h6-8,11-20,27H,2-5,9-10H2,1H3,(H,31,35)(H,32,34). The van der Waals surface area contributed by atoms with E-state index in [-0.39, 0.29) is 23.0 Å². The van der Waals surface area contributed by atoms with Crippen molar-refractivity contribution in [3.63, 3.8) is 0 Å². The second kappa shape index (κ2) is 11.6. The number of fused-ring (bicyclic) bond motifs is 1. The maximum Gasteiger partial charge on any atom is 0.237 e. The minimum absolute atomic E-state index is 0.0567. The molecule has 1 aliphatic rings. The molecule has 2 N–H and O–H groups in total. The molecular weight excluding hydrogens is 482 g/mol. The van der Waals surface area contributed by atoms with Gasteiger partial charge in [0.05, 0.1) is 5.25 Å². The van der Waals surface area contributed by atoms with Crippen molar-refractivity contribution in [1.82, 2.24) is 4.98 Å². The van der Waals surface area contributed by atoms with Crippen molar-refractivity contribution in [3.05, 3.63) is 72.8 Å². The molecule has 1 aromatic heterocycles. The zero-order valence-corrected chi connectivity index (χ0v) is 21.7. The number of anilines is 2. The van der Waals surface area contributed by atoms with E-state index >= 15 is 0 Å². The number of hydrogen-bond acceptors (Lipinski definition) is 5. The molecule has 1 aliphatic carbocycles. The van der Waals surface area contributed by atoms with E-state index in [9.17, 15) is 9.59 Å². The zero-order valence-electron chi connectivity index (χ0n) is 20.9. The lowest BCUT2D eigenvalue weighted by atomic mass is 9.88. The van der Waals surface area contributed by atoms with Gasteiger partial charge >= 0.3 is 0 Å². The summed E-state index contributed by atoms with van der Waals surface area (Å²) >= 11 is 1.51. The molecule has 0 aliphatic heterocycles. The van der Waals surface area contributed by atoms with Crippen LogP contribution in [-0.2, 0) is 9.59 Å². The van der Waals surface area contributed by atoms with Crippen LogP contribution in [-0.4, -0.2) is 22.0 Å². The highest BCUT2D eigenvalue weighted by Crippen LogP contribution is 2.30. The summed E-state index contributed by atoms with van der Waals surface area (Å²) in [7, 11) is 0. The molecule has 1 heterocycles. The Morgan fingerprint density at radius 3 is 2.49 bits per heavy atom. The number of aromatic nitrogens is 1. The first-order valence-corrected chi connectivity index (χ1v) is 13.8. The fourth-order valence-electron chi connectivity index (χ4n) is 4.66. The minimum Gasteiger partial charge on any atom is -0.436 e. The van der Waals surface area contributed by atoms with Crippen molar-refractivity contribution in [1.29, 1.82) is 0 Å². The lowest BCUT2D eigenvalue weighted by molar-refractivity contribution is -0.120. The van der Waals surface area contributed by atoms with Gasteiger partial charge in [0.25, 0.3) is 0 Å². The summed E-state index contributed by atoms with van der Waals surface area (Å²) in [6.45, 7) is 2.00. The Morgan fingerprint density at radius 1 is 0.946 bits per heavy atom. The lowest BCUT2D eigenvalue weighted by Gasteiger charge is -2.21. The zero-order chi connectivity index (χ0) is 25.6. The van der Waals surface area contributed by atoms with Crippen LogP contribution in [0.2, 0.25) is 0 Å². The number of nitrogens with one attached hydrogen (secondary N) is 2. The average molecular weight is 514 g/mol. The maximum atomic E-state index is 13.1. The number of carbonyl (C=O) groups excluding carboxylic acids is 2. The van der Waals surface area contributed by atoms with Gasteiger partial charge in [-0.25, -0.2) is 4.98 Å². The second-order valence-corrected chi connectivity index (χ2v) is 10.7. The topological polar surface area (TPSA) is 84.2 Å². The molecule has 0 radical (unpaired) electrons. The Bertz CT molecular complexity index is 1340. The molecule has 5 rings (SSSR count). The molecular formula is C30H31N3O3S. The van der Waals surface area contributed by atoms with Crippen molar-refractivity contribution in [2.75, 3.05) is 10.6 Å². The predicted molar refractivity (Wildman–Crippen MR) is 150 cm³/mol. The van der Waals surface area contributed by atoms with Crippen LogP contribution in [0.25, 0.3) is 22.6 Å². The molecule has 1 saturated carbocycles. The Morgan fingerprint density at radius 2 is 1.73 bits per heavy atom. The number of nitrogens with zero attached hydrogens (tertiary/aromatic N) is 1. The molecule has 4 aromatic rings. The summed E-state index contributed by atoms with van der Waals surface area (Å²) in [5.74, 6) is 0.705. The van der Waals surface area contributed by atoms with Crippen LogP contribution in [0, 0.1) is 5.92 Å². The van der Waals surface area contributed by atoms with Crippen molar-refractivity contribution < 1.29 is 14.0 Å². The minimum atomic E-state index is -0.263. The molecule has 1 fully saturated rings. The third kappa shape index (κ3) is 6.23. The fourth-order valence-corrected chi connectivity index (χ4v) is 5.67. The Kier molecular flexibility index (Phi) is 7.90. The van der Waals surface area contributed by atoms with E-state index in [0.29, 0.717) is 12.3 Å². The average Bonchev–Trinajstić information content (AvgIpc) is 3.37. The van der Waals surface area contributed by atoms with Crippen LogP contribution in [0.4, 0.5) is 11.4 Å². The van der Waals surface area contributed by atoms with Crippen molar-refractivity contribution in [2.45, 2.75) is 55.6 Å². The van der Waals surface area contributed by atoms with E-state index in [1.165, 1.54) is 18.2 Å². The normalized spacial score (nSPS) is 14.8. The van der Waals surface area contributed by atoms with Gasteiger partial charge in [0.1, 0.15) is 5.52 Å². The van der Waals surface area contributed by atoms with Gasteiger partial charge < -0.3 is 15.1 Å². The van der Waals surface area contributed by atoms with Gasteiger partial charge in [-0.2, -0.15) is 0 Å². The summed E-state index contributed by atoms with van der Waals surface area (Å²) in [6, 6.07) is 22.9. The van der Waals surface area contributed by atoms with Crippen LogP contribution in [0.15, 0.2) is 82.1 Å². The van der Waals surface area contributed by atoms with Crippen LogP contribution < -0.4 is 10.6 Å². The van der Waals surface area contributed by atoms with Gasteiger partial charge in [-0.3, -0.25) is 9.59 Å². The molecule has 37 heavy (non-hydrogen) atoms. The Labute approximate surface area is 221 Å². The quantitative estimate of drug-likeness (QED) is 0.238. The number of para-hydroxylation sites is 2. The van der Waals surface area contributed by atoms with Crippen LogP contribution in [0.3, 0.4) is 0 Å². The number of carbonyl (C=O) groups is 2. The molecule has 1 atom stereocenters. The summed E-state index contributed by atoms with van der Waals surface area (Å²) in [5.41, 5.74) is 3.91. The summed E-state index contributed by atoms with van der Waals surface area (Å²) in [5, 5.41) is 5.84. The number of hydrogen-bond donors (Lipinski definition) is 2. The molecule has 3 aromatic carbocycles. The van der Waals surface area contributed by atoms with Gasteiger partial charge in [0, 0.05) is 27.8 Å². The molecule has 2 amide bonds. The van der Waals surface area contributed by atoms with Gasteiger partial charge in [0.15, 0.2) is 5.58 Å². The van der Waals surface area contributed by atoms with E-state index < -0.39 is 0 Å². The molecule has 1 unspecified atom stereocenters. The lowest BCUT2D eigenvalue weighted by Crippen LogP contribution is -2.25. The van der Waals surface area contributed by atoms with E-state index in [1.54, 1.807) is 0 Å². The Balaban J connectivity index is 1.20. The third-order valence-corrected chi connectivity index (χ3v) is 8.07.